The van der Waals surface area contributed by atoms with E-state index in [-0.39, 0.29) is 23.6 Å². The van der Waals surface area contributed by atoms with Crippen molar-refractivity contribution >= 4 is 51.0 Å². The van der Waals surface area contributed by atoms with Crippen molar-refractivity contribution in [3.63, 3.8) is 0 Å². The number of nitrogens with zero attached hydrogens (tertiary/aromatic N) is 5. The number of aliphatic imine (C=N–C) groups is 1. The number of aryl methyl sites for hydroxylation is 1. The summed E-state index contributed by atoms with van der Waals surface area (Å²) < 4.78 is 7.14. The van der Waals surface area contributed by atoms with Gasteiger partial charge in [-0.1, -0.05) is 42.2 Å². The second-order valence-electron chi connectivity index (χ2n) is 7.70. The van der Waals surface area contributed by atoms with Gasteiger partial charge in [0.1, 0.15) is 23.2 Å². The third-order valence-electron chi connectivity index (χ3n) is 5.17. The maximum Gasteiger partial charge on any atom is 0.283 e. The number of amides is 1. The zero-order chi connectivity index (χ0) is 23.8. The first-order valence-corrected chi connectivity index (χ1v) is 12.3. The lowest BCUT2D eigenvalue weighted by Gasteiger charge is -2.25. The Balaban J connectivity index is 1.30. The van der Waals surface area contributed by atoms with Gasteiger partial charge in [-0.2, -0.15) is 14.6 Å². The van der Waals surface area contributed by atoms with Gasteiger partial charge in [-0.25, -0.2) is 4.98 Å². The highest BCUT2D eigenvalue weighted by atomic mass is 32.2. The summed E-state index contributed by atoms with van der Waals surface area (Å²) in [5.41, 5.74) is 2.15. The molecule has 0 saturated heterocycles. The Hall–Kier alpha value is -3.57. The van der Waals surface area contributed by atoms with Crippen LogP contribution < -0.4 is 10.3 Å². The molecule has 9 nitrogen and oxygen atoms in total. The summed E-state index contributed by atoms with van der Waals surface area (Å²) in [6.07, 6.45) is 3.42. The fourth-order valence-electron chi connectivity index (χ4n) is 3.51. The van der Waals surface area contributed by atoms with E-state index in [0.717, 1.165) is 29.1 Å². The highest BCUT2D eigenvalue weighted by Crippen LogP contribution is 2.32. The maximum atomic E-state index is 12.4. The number of carbonyl (C=O) groups excluding carboxylic acids is 1. The van der Waals surface area contributed by atoms with Crippen LogP contribution in [0.2, 0.25) is 0 Å². The van der Waals surface area contributed by atoms with Crippen molar-refractivity contribution < 1.29 is 9.53 Å². The van der Waals surface area contributed by atoms with Gasteiger partial charge in [0.25, 0.3) is 11.5 Å². The van der Waals surface area contributed by atoms with E-state index in [1.54, 1.807) is 35.2 Å². The van der Waals surface area contributed by atoms with E-state index < -0.39 is 5.91 Å². The molecule has 0 bridgehead atoms. The lowest BCUT2D eigenvalue weighted by Crippen LogP contribution is -2.37. The Kier molecular flexibility index (Phi) is 5.88. The minimum atomic E-state index is -0.426. The quantitative estimate of drug-likeness (QED) is 0.520. The summed E-state index contributed by atoms with van der Waals surface area (Å²) in [7, 11) is 0. The predicted molar refractivity (Wildman–Crippen MR) is 133 cm³/mol. The molecular formula is C23H20N6O3S2. The van der Waals surface area contributed by atoms with Crippen LogP contribution >= 0.6 is 23.1 Å². The molecular weight excluding hydrogens is 472 g/mol. The van der Waals surface area contributed by atoms with Gasteiger partial charge in [0.15, 0.2) is 5.17 Å². The monoisotopic (exact) mass is 492 g/mol. The molecule has 0 unspecified atom stereocenters. The van der Waals surface area contributed by atoms with Crippen molar-refractivity contribution in [3.8, 4) is 5.75 Å². The van der Waals surface area contributed by atoms with Crippen LogP contribution in [-0.4, -0.2) is 36.4 Å². The average molecular weight is 493 g/mol. The van der Waals surface area contributed by atoms with Gasteiger partial charge in [0.2, 0.25) is 4.96 Å². The number of rotatable bonds is 6. The number of amidine groups is 2. The molecule has 2 aromatic heterocycles. The van der Waals surface area contributed by atoms with Gasteiger partial charge >= 0.3 is 0 Å². The molecule has 0 atom stereocenters. The van der Waals surface area contributed by atoms with Crippen LogP contribution in [0.1, 0.15) is 36.5 Å². The third-order valence-corrected chi connectivity index (χ3v) is 7.08. The van der Waals surface area contributed by atoms with E-state index in [4.69, 9.17) is 10.1 Å². The van der Waals surface area contributed by atoms with Crippen molar-refractivity contribution in [3.05, 3.63) is 73.6 Å². The summed E-state index contributed by atoms with van der Waals surface area (Å²) >= 11 is 2.75. The summed E-state index contributed by atoms with van der Waals surface area (Å²) in [5.74, 6) is 0.289. The van der Waals surface area contributed by atoms with Crippen LogP contribution in [0, 0.1) is 5.41 Å². The fraction of sp³-hybridized carbons (Fsp3) is 0.217. The first-order valence-electron chi connectivity index (χ1n) is 10.6. The number of thioether (sulfide) groups is 1. The number of hydrogen-bond donors (Lipinski definition) is 1. The Bertz CT molecular complexity index is 1470. The number of nitrogens with one attached hydrogen (secondary N) is 1. The summed E-state index contributed by atoms with van der Waals surface area (Å²) in [5, 5.41) is 16.0. The Labute approximate surface area is 203 Å². The number of benzene rings is 1. The summed E-state index contributed by atoms with van der Waals surface area (Å²) in [4.78, 5) is 35.6. The molecule has 11 heteroatoms. The first-order chi connectivity index (χ1) is 16.4. The fourth-order valence-corrected chi connectivity index (χ4v) is 5.39. The van der Waals surface area contributed by atoms with Gasteiger partial charge < -0.3 is 4.74 Å². The van der Waals surface area contributed by atoms with Crippen molar-refractivity contribution in [1.29, 1.82) is 5.41 Å². The van der Waals surface area contributed by atoms with Crippen LogP contribution in [0.5, 0.6) is 5.75 Å². The van der Waals surface area contributed by atoms with Crippen molar-refractivity contribution in [2.45, 2.75) is 33.3 Å². The molecule has 0 spiro atoms. The standard InChI is InChI=1S/C23H20N6O3S2/c1-3-4-18-27-29-19(30)10-15(25-23(29)34-18)11-32-16-7-5-14(6-8-16)9-17-20(24)28-13(2)12-33-22(28)26-21(17)31/h5-10,12,24H,3-4,11H2,1-2H3/b17-9-,24-20?. The molecule has 1 amide bonds. The van der Waals surface area contributed by atoms with Gasteiger partial charge in [0.05, 0.1) is 11.3 Å². The van der Waals surface area contributed by atoms with Crippen molar-refractivity contribution in [1.82, 2.24) is 19.5 Å². The smallest absolute Gasteiger partial charge is 0.283 e. The molecule has 4 heterocycles. The van der Waals surface area contributed by atoms with Gasteiger partial charge in [0, 0.05) is 18.2 Å². The van der Waals surface area contributed by atoms with Gasteiger partial charge in [-0.05, 0) is 42.5 Å². The lowest BCUT2D eigenvalue weighted by atomic mass is 10.1. The van der Waals surface area contributed by atoms with Crippen LogP contribution in [0.4, 0.5) is 0 Å². The van der Waals surface area contributed by atoms with E-state index >= 15 is 0 Å². The average Bonchev–Trinajstić information content (AvgIpc) is 3.39. The first kappa shape index (κ1) is 22.2. The number of carbonyl (C=O) groups is 1. The van der Waals surface area contributed by atoms with Crippen LogP contribution in [0.3, 0.4) is 0 Å². The van der Waals surface area contributed by atoms with E-state index in [0.29, 0.717) is 21.6 Å². The molecule has 2 aliphatic rings. The number of allylic oxidation sites excluding steroid dienone is 1. The Morgan fingerprint density at radius 2 is 2.00 bits per heavy atom. The second kappa shape index (κ2) is 8.99. The van der Waals surface area contributed by atoms with Crippen LogP contribution in [0.15, 0.2) is 56.8 Å². The van der Waals surface area contributed by atoms with E-state index in [1.807, 2.05) is 12.3 Å². The van der Waals surface area contributed by atoms with Crippen molar-refractivity contribution in [2.24, 2.45) is 4.99 Å². The topological polar surface area (TPSA) is 113 Å². The van der Waals surface area contributed by atoms with Crippen LogP contribution in [0.25, 0.3) is 11.0 Å². The maximum absolute atomic E-state index is 12.4. The van der Waals surface area contributed by atoms with Gasteiger partial charge in [-0.15, -0.1) is 0 Å². The Morgan fingerprint density at radius 1 is 1.21 bits per heavy atom. The molecule has 34 heavy (non-hydrogen) atoms. The zero-order valence-corrected chi connectivity index (χ0v) is 20.1. The highest BCUT2D eigenvalue weighted by Gasteiger charge is 2.33. The molecule has 0 fully saturated rings. The summed E-state index contributed by atoms with van der Waals surface area (Å²) in [6.45, 7) is 4.09. The molecule has 1 N–H and O–H groups in total. The predicted octanol–water partition coefficient (Wildman–Crippen LogP) is 3.85. The molecule has 172 valence electrons. The van der Waals surface area contributed by atoms with E-state index in [1.165, 1.54) is 33.7 Å². The van der Waals surface area contributed by atoms with Crippen molar-refractivity contribution in [2.75, 3.05) is 0 Å². The number of fused-ring (bicyclic) bond motifs is 2. The number of ether oxygens (including phenoxy) is 1. The van der Waals surface area contributed by atoms with E-state index in [9.17, 15) is 9.59 Å². The lowest BCUT2D eigenvalue weighted by molar-refractivity contribution is -0.114. The number of aromatic nitrogens is 3. The minimum absolute atomic E-state index is 0.118. The van der Waals surface area contributed by atoms with E-state index in [2.05, 4.69) is 22.0 Å². The van der Waals surface area contributed by atoms with Gasteiger partial charge in [-0.3, -0.25) is 19.9 Å². The third kappa shape index (κ3) is 4.19. The molecule has 0 radical (unpaired) electrons. The minimum Gasteiger partial charge on any atom is -0.487 e. The molecule has 2 aliphatic heterocycles. The molecule has 3 aromatic rings. The molecule has 5 rings (SSSR count). The normalized spacial score (nSPS) is 16.8. The molecule has 0 saturated carbocycles. The largest absolute Gasteiger partial charge is 0.487 e. The zero-order valence-electron chi connectivity index (χ0n) is 18.4. The SMILES string of the molecule is CCCc1nn2c(=O)cc(COc3ccc(/C=C4/C(=N)N5C(C)=CSC5=NC4=O)cc3)nc2s1. The highest BCUT2D eigenvalue weighted by molar-refractivity contribution is 8.16. The molecule has 1 aromatic carbocycles. The molecule has 0 aliphatic carbocycles. The Morgan fingerprint density at radius 3 is 2.76 bits per heavy atom. The number of hydrogen-bond acceptors (Lipinski definition) is 8. The van der Waals surface area contributed by atoms with Crippen LogP contribution in [-0.2, 0) is 17.8 Å². The second-order valence-corrected chi connectivity index (χ2v) is 9.58. The summed E-state index contributed by atoms with van der Waals surface area (Å²) in [6, 6.07) is 8.58.